The first-order valence-corrected chi connectivity index (χ1v) is 8.47. The van der Waals surface area contributed by atoms with Gasteiger partial charge in [0.15, 0.2) is 0 Å². The zero-order valence-corrected chi connectivity index (χ0v) is 6.65. The van der Waals surface area contributed by atoms with Gasteiger partial charge in [-0.3, -0.25) is 0 Å². The molecule has 0 amide bonds. The predicted octanol–water partition coefficient (Wildman–Crippen LogP) is 2.13. The van der Waals surface area contributed by atoms with Crippen molar-refractivity contribution in [3.63, 3.8) is 0 Å². The van der Waals surface area contributed by atoms with Gasteiger partial charge >= 0.3 is 0 Å². The summed E-state index contributed by atoms with van der Waals surface area (Å²) in [6.07, 6.45) is 0. The molecule has 0 nitrogen and oxygen atoms in total. The van der Waals surface area contributed by atoms with Crippen molar-refractivity contribution >= 4 is 39.4 Å². The van der Waals surface area contributed by atoms with E-state index in [0.29, 0.717) is 16.8 Å². The predicted molar refractivity (Wildman–Crippen MR) is 39.8 cm³/mol. The van der Waals surface area contributed by atoms with Crippen LogP contribution in [0.1, 0.15) is 6.92 Å². The van der Waals surface area contributed by atoms with Crippen LogP contribution in [0.4, 0.5) is 0 Å². The molecule has 0 N–H and O–H groups in total. The molecular weight excluding hydrogens is 278 g/mol. The van der Waals surface area contributed by atoms with Crippen molar-refractivity contribution in [3.05, 3.63) is 0 Å². The van der Waals surface area contributed by atoms with Crippen LogP contribution in [-0.2, 0) is 0 Å². The van der Waals surface area contributed by atoms with E-state index >= 15 is 0 Å². The molecule has 0 radical (unpaired) electrons. The minimum Gasteiger partial charge on any atom is -0.0513 e. The van der Waals surface area contributed by atoms with Crippen molar-refractivity contribution < 1.29 is 0 Å². The van der Waals surface area contributed by atoms with Crippen LogP contribution in [0.3, 0.4) is 0 Å². The standard InChI is InChI=1S/C2H4I2/c1-2-4-3/h2H,1H3. The first-order valence-electron chi connectivity index (χ1n) is 0.938. The summed E-state index contributed by atoms with van der Waals surface area (Å²) in [4.78, 5) is 0. The average molecular weight is 282 g/mol. The Morgan fingerprint density at radius 3 is 2.25 bits per heavy atom. The van der Waals surface area contributed by atoms with E-state index in [1.54, 1.807) is 0 Å². The van der Waals surface area contributed by atoms with E-state index in [2.05, 4.69) is 29.6 Å². The van der Waals surface area contributed by atoms with E-state index in [9.17, 15) is 0 Å². The molecule has 0 unspecified atom stereocenters. The third-order valence-electron chi connectivity index (χ3n) is 0.0825. The highest BCUT2D eigenvalue weighted by molar-refractivity contribution is 15.0. The Labute approximate surface area is 45.9 Å². The Kier molecular flexibility index (Phi) is 5.77. The molecule has 0 bridgehead atoms. The minimum absolute atomic E-state index is 0.456. The minimum atomic E-state index is 0.456. The van der Waals surface area contributed by atoms with Crippen LogP contribution in [0.25, 0.3) is 0 Å². The Hall–Kier alpha value is 1.33. The molecule has 0 spiro atoms. The molecule has 0 heterocycles. The molecule has 0 atom stereocenters. The van der Waals surface area contributed by atoms with E-state index in [1.807, 2.05) is 0 Å². The van der Waals surface area contributed by atoms with Gasteiger partial charge in [-0.25, -0.2) is 0 Å². The van der Waals surface area contributed by atoms with Crippen molar-refractivity contribution in [1.82, 2.24) is 0 Å². The molecule has 2 heteroatoms. The lowest BCUT2D eigenvalue weighted by molar-refractivity contribution is 2.15. The molecule has 0 rings (SSSR count). The van der Waals surface area contributed by atoms with Crippen LogP contribution in [0, 0.1) is 0 Å². The first-order chi connectivity index (χ1) is 1.91. The summed E-state index contributed by atoms with van der Waals surface area (Å²) in [5.41, 5.74) is 0. The van der Waals surface area contributed by atoms with Crippen LogP contribution in [0.2, 0.25) is 0 Å². The van der Waals surface area contributed by atoms with Gasteiger partial charge in [-0.15, -0.1) is 0 Å². The molecule has 0 aromatic rings. The summed E-state index contributed by atoms with van der Waals surface area (Å²) in [5.74, 6) is 0. The largest absolute Gasteiger partial charge is 0.0513 e. The lowest BCUT2D eigenvalue weighted by Crippen LogP contribution is -1.28. The van der Waals surface area contributed by atoms with Crippen molar-refractivity contribution in [2.45, 2.75) is 6.92 Å². The highest BCUT2D eigenvalue weighted by atomic mass is 128. The SMILES string of the molecule is CC=II. The lowest BCUT2D eigenvalue weighted by atomic mass is 11.0. The van der Waals surface area contributed by atoms with Gasteiger partial charge in [0.25, 0.3) is 0 Å². The topological polar surface area (TPSA) is 0 Å². The molecule has 0 aliphatic carbocycles. The van der Waals surface area contributed by atoms with Crippen LogP contribution < -0.4 is 0 Å². The van der Waals surface area contributed by atoms with Gasteiger partial charge in [0.1, 0.15) is 0 Å². The number of halogens is 2. The highest BCUT2D eigenvalue weighted by Gasteiger charge is 1.37. The summed E-state index contributed by atoms with van der Waals surface area (Å²) >= 11 is 2.86. The molecule has 4 heavy (non-hydrogen) atoms. The van der Waals surface area contributed by atoms with E-state index < -0.39 is 0 Å². The highest BCUT2D eigenvalue weighted by Crippen LogP contribution is 2.04. The van der Waals surface area contributed by atoms with Crippen LogP contribution >= 0.6 is 35.4 Å². The van der Waals surface area contributed by atoms with Crippen molar-refractivity contribution in [1.29, 1.82) is 0 Å². The third kappa shape index (κ3) is 3.33. The molecule has 0 aromatic heterocycles. The maximum absolute atomic E-state index is 2.41. The van der Waals surface area contributed by atoms with Gasteiger partial charge in [0.05, 0.1) is 0 Å². The molecule has 0 saturated carbocycles. The summed E-state index contributed by atoms with van der Waals surface area (Å²) in [7, 11) is 0. The molecule has 0 aliphatic rings. The Morgan fingerprint density at radius 2 is 2.25 bits per heavy atom. The summed E-state index contributed by atoms with van der Waals surface area (Å²) in [5, 5.41) is 0. The number of hydrogen-bond donors (Lipinski definition) is 0. The fraction of sp³-hybridized carbons (Fsp3) is 0.500. The first kappa shape index (κ1) is 5.33. The number of rotatable bonds is 0. The fourth-order valence-electron chi connectivity index (χ4n) is 0. The van der Waals surface area contributed by atoms with Gasteiger partial charge in [-0.2, -0.15) is 0 Å². The maximum Gasteiger partial charge on any atom is -0.00717 e. The molecule has 26 valence electrons. The lowest BCUT2D eigenvalue weighted by Gasteiger charge is -1.45. The molecule has 0 aromatic carbocycles. The van der Waals surface area contributed by atoms with Gasteiger partial charge in [-0.1, -0.05) is 16.8 Å². The second-order valence-corrected chi connectivity index (χ2v) is 5.18. The van der Waals surface area contributed by atoms with Crippen molar-refractivity contribution in [2.75, 3.05) is 0 Å². The van der Waals surface area contributed by atoms with Crippen LogP contribution in [0.5, 0.6) is 0 Å². The van der Waals surface area contributed by atoms with Gasteiger partial charge in [0.2, 0.25) is 0 Å². The molecule has 0 saturated heterocycles. The Morgan fingerprint density at radius 1 is 2.00 bits per heavy atom. The fourth-order valence-corrected chi connectivity index (χ4v) is 0. The molecule has 0 aliphatic heterocycles. The van der Waals surface area contributed by atoms with E-state index in [1.165, 1.54) is 0 Å². The average Bonchev–Trinajstić information content (AvgIpc) is 1.37. The Balaban J connectivity index is 2.55. The van der Waals surface area contributed by atoms with Crippen molar-refractivity contribution in [2.24, 2.45) is 0 Å². The second kappa shape index (κ2) is 4.33. The normalized spacial score (nSPS) is 11.5. The summed E-state index contributed by atoms with van der Waals surface area (Å²) < 4.78 is 2.22. The van der Waals surface area contributed by atoms with Gasteiger partial charge < -0.3 is 0 Å². The van der Waals surface area contributed by atoms with E-state index in [0.717, 1.165) is 0 Å². The summed E-state index contributed by atoms with van der Waals surface area (Å²) in [6.45, 7) is 2.10. The molecule has 0 fully saturated rings. The van der Waals surface area contributed by atoms with Gasteiger partial charge in [0, 0.05) is 0 Å². The number of hydrogen-bond acceptors (Lipinski definition) is 0. The summed E-state index contributed by atoms with van der Waals surface area (Å²) in [6, 6.07) is 0. The van der Waals surface area contributed by atoms with Gasteiger partial charge in [-0.05, 0) is 29.6 Å². The zero-order chi connectivity index (χ0) is 3.41. The van der Waals surface area contributed by atoms with Crippen LogP contribution in [-0.4, -0.2) is 4.01 Å². The zero-order valence-electron chi connectivity index (χ0n) is 2.33. The Bertz CT molecular complexity index is 19.2. The quantitative estimate of drug-likeness (QED) is 0.597. The smallest absolute Gasteiger partial charge is 0.00717 e. The van der Waals surface area contributed by atoms with E-state index in [-0.39, 0.29) is 0 Å². The second-order valence-electron chi connectivity index (χ2n) is 0.301. The van der Waals surface area contributed by atoms with E-state index in [4.69, 9.17) is 0 Å². The van der Waals surface area contributed by atoms with Crippen molar-refractivity contribution in [3.8, 4) is 0 Å². The monoisotopic (exact) mass is 282 g/mol. The third-order valence-corrected chi connectivity index (χ3v) is 3.71. The van der Waals surface area contributed by atoms with Crippen LogP contribution in [0.15, 0.2) is 0 Å². The maximum atomic E-state index is 2.41. The molecular formula is C2H4I2.